The molecule has 8 saturated carbocycles. The van der Waals surface area contributed by atoms with E-state index < -0.39 is 62.6 Å². The quantitative estimate of drug-likeness (QED) is 0.0177. The molecule has 10 fully saturated rings. The third-order valence-corrected chi connectivity index (χ3v) is 43.2. The van der Waals surface area contributed by atoms with Crippen molar-refractivity contribution in [2.45, 2.75) is 365 Å². The molecule has 129 heavy (non-hydrogen) atoms. The molecule has 2 heterocycles. The van der Waals surface area contributed by atoms with Gasteiger partial charge in [-0.25, -0.2) is 25.6 Å². The maximum absolute atomic E-state index is 14.8. The summed E-state index contributed by atoms with van der Waals surface area (Å²) in [5.41, 5.74) is 7.06. The van der Waals surface area contributed by atoms with Gasteiger partial charge in [-0.15, -0.1) is 0 Å². The monoisotopic (exact) mass is 1860 g/mol. The number of sulfone groups is 2. The smallest absolute Gasteiger partial charge is 0.317 e. The maximum Gasteiger partial charge on any atom is 0.317 e. The minimum atomic E-state index is -2.89. The fourth-order valence-corrected chi connectivity index (χ4v) is 34.7. The molecule has 21 heteroatoms. The summed E-state index contributed by atoms with van der Waals surface area (Å²) >= 11 is 5.25. The Labute approximate surface area is 785 Å². The number of hydrogen-bond donors (Lipinski definition) is 3. The minimum Gasteiger partial charge on any atom is -0.481 e. The van der Waals surface area contributed by atoms with Crippen LogP contribution < -0.4 is 10.6 Å². The lowest BCUT2D eigenvalue weighted by Crippen LogP contribution is -2.68. The Morgan fingerprint density at radius 2 is 0.853 bits per heavy atom. The number of nitrogens with one attached hydrogen (secondary N) is 2. The number of hydrogen-bond acceptors (Lipinski definition) is 15. The van der Waals surface area contributed by atoms with Gasteiger partial charge in [0.2, 0.25) is 6.79 Å². The van der Waals surface area contributed by atoms with E-state index in [1.165, 1.54) is 194 Å². The van der Waals surface area contributed by atoms with Crippen LogP contribution >= 0.6 is 11.6 Å². The molecular formula is C108H175ClF2N4O12S2. The molecular weight excluding hydrogens is 1680 g/mol. The Bertz CT molecular complexity index is 4290. The van der Waals surface area contributed by atoms with E-state index in [0.29, 0.717) is 142 Å². The van der Waals surface area contributed by atoms with Crippen LogP contribution in [0.5, 0.6) is 0 Å². The number of alkyl halides is 3. The normalized spacial score (nSPS) is 38.6. The molecule has 0 radical (unpaired) electrons. The van der Waals surface area contributed by atoms with Gasteiger partial charge in [0, 0.05) is 76.3 Å². The number of carbonyl (C=O) groups is 4. The summed E-state index contributed by atoms with van der Waals surface area (Å²) in [6.45, 7) is 48.3. The summed E-state index contributed by atoms with van der Waals surface area (Å²) in [5.74, 6) is 4.90. The van der Waals surface area contributed by atoms with Gasteiger partial charge in [0.05, 0.1) is 28.4 Å². The summed E-state index contributed by atoms with van der Waals surface area (Å²) in [5, 5.41) is 18.2. The molecule has 732 valence electrons. The average Bonchev–Trinajstić information content (AvgIpc) is 1.64. The lowest BCUT2D eigenvalue weighted by atomic mass is 9.33. The maximum atomic E-state index is 14.8. The summed E-state index contributed by atoms with van der Waals surface area (Å²) in [4.78, 5) is 53.2. The molecule has 12 aliphatic carbocycles. The van der Waals surface area contributed by atoms with Crippen LogP contribution in [0.4, 0.5) is 8.78 Å². The molecule has 2 saturated heterocycles. The Balaban J connectivity index is 0.000000207. The highest BCUT2D eigenvalue weighted by Gasteiger charge is 2.73. The van der Waals surface area contributed by atoms with E-state index in [1.54, 1.807) is 0 Å². The van der Waals surface area contributed by atoms with Crippen LogP contribution in [-0.4, -0.2) is 168 Å². The van der Waals surface area contributed by atoms with E-state index in [-0.39, 0.29) is 90.3 Å². The van der Waals surface area contributed by atoms with Crippen molar-refractivity contribution < 1.29 is 64.1 Å². The molecule has 2 aliphatic heterocycles. The summed E-state index contributed by atoms with van der Waals surface area (Å²) < 4.78 is 92.4. The zero-order chi connectivity index (χ0) is 93.7. The van der Waals surface area contributed by atoms with E-state index in [1.807, 2.05) is 0 Å². The number of aliphatic carboxylic acids is 1. The fourth-order valence-electron chi connectivity index (χ4n) is 32.1. The van der Waals surface area contributed by atoms with Crippen molar-refractivity contribution in [1.82, 2.24) is 20.4 Å². The van der Waals surface area contributed by atoms with Gasteiger partial charge in [-0.2, -0.15) is 0 Å². The number of carboxylic acid groups (broad SMARTS) is 1. The molecule has 14 aliphatic rings. The highest BCUT2D eigenvalue weighted by atomic mass is 35.5. The van der Waals surface area contributed by atoms with Crippen molar-refractivity contribution in [1.29, 1.82) is 0 Å². The van der Waals surface area contributed by atoms with Crippen molar-refractivity contribution in [3.05, 3.63) is 70.9 Å². The lowest BCUT2D eigenvalue weighted by molar-refractivity contribution is -0.221. The predicted molar refractivity (Wildman–Crippen MR) is 519 cm³/mol. The number of fused-ring (bicyclic) bond motifs is 14. The van der Waals surface area contributed by atoms with Crippen molar-refractivity contribution in [2.24, 2.45) is 113 Å². The largest absolute Gasteiger partial charge is 0.481 e. The van der Waals surface area contributed by atoms with Crippen molar-refractivity contribution >= 4 is 55.2 Å². The molecule has 0 aromatic heterocycles. The number of rotatable bonds is 35. The molecule has 0 aromatic rings. The second-order valence-electron chi connectivity index (χ2n) is 47.0. The average molecular weight is 1860 g/mol. The highest BCUT2D eigenvalue weighted by Crippen LogP contribution is 2.79. The van der Waals surface area contributed by atoms with Crippen LogP contribution in [-0.2, 0) is 53.1 Å². The standard InChI is InChI=1S/C54H87FN2O6S.C43H67FN2O4S.C11H21ClO2/c1-9-10-11-12-13-14-15-16-46(58)62-38-63-48(59)53(37-55)26-19-40(20-27-53)42-22-24-50(6)44(49(42,4)5)23-25-52(8)45(50)18-17-43-47-41(39(2)3)21-28-54(47,30-29-51(43,52)7)56-31-32-57-33-35-64(60,61)36-34-57;1-29(2)31-12-19-43(45-22-23-46-24-26-51(49,50)27-25-46)21-20-40(6)33(36(31)43)8-9-35-39(5)15-13-32(38(3,4)34(39)14-16-41(35,40)7)30-10-17-42(28-44,18-11-30)37(47)48;1-2-3-4-5-6-7-8-9-11(13)14-10-12/h19,22,41,43-45,47,56H,2,9-18,20-21,23-38H2,1,3-8H3;10,13,31,33-36,45H,1,8-9,11-12,14-28H2,2-7H3,(H,47,48);2-10H2,1H3/t41-,43+,44-,45+,47+,50-,51+,52+,53+,54-;31-,33+,34-,35+,36+,39-,40+,41+,42+,43-;/m00./s1. The first-order valence-corrected chi connectivity index (χ1v) is 56.0. The third kappa shape index (κ3) is 21.0. The molecule has 20 atom stereocenters. The van der Waals surface area contributed by atoms with Crippen LogP contribution in [0.1, 0.15) is 354 Å². The van der Waals surface area contributed by atoms with E-state index in [0.717, 1.165) is 71.1 Å². The number of carboxylic acids is 1. The number of allylic oxidation sites excluding steroid dienone is 10. The van der Waals surface area contributed by atoms with Crippen molar-refractivity contribution in [3.63, 3.8) is 0 Å². The predicted octanol–water partition coefficient (Wildman–Crippen LogP) is 23.8. The van der Waals surface area contributed by atoms with Crippen LogP contribution in [0.3, 0.4) is 0 Å². The molecule has 0 aromatic carbocycles. The molecule has 16 nitrogen and oxygen atoms in total. The fraction of sp³-hybridized carbons (Fsp3) is 0.852. The number of esters is 3. The lowest BCUT2D eigenvalue weighted by Gasteiger charge is -2.72. The molecule has 0 amide bonds. The van der Waals surface area contributed by atoms with Crippen molar-refractivity contribution in [3.8, 4) is 0 Å². The molecule has 0 unspecified atom stereocenters. The summed E-state index contributed by atoms with van der Waals surface area (Å²) in [6.07, 6.45) is 50.9. The van der Waals surface area contributed by atoms with E-state index in [2.05, 4.69) is 160 Å². The second kappa shape index (κ2) is 42.3. The summed E-state index contributed by atoms with van der Waals surface area (Å²) in [6, 6.07) is -0.0185. The van der Waals surface area contributed by atoms with Crippen LogP contribution in [0, 0.1) is 113 Å². The Kier molecular flexibility index (Phi) is 34.1. The van der Waals surface area contributed by atoms with Gasteiger partial charge < -0.3 is 39.8 Å². The Hall–Kier alpha value is -3.79. The van der Waals surface area contributed by atoms with Gasteiger partial charge >= 0.3 is 23.9 Å². The first-order chi connectivity index (χ1) is 61.0. The van der Waals surface area contributed by atoms with Crippen molar-refractivity contribution in [2.75, 3.05) is 102 Å². The van der Waals surface area contributed by atoms with E-state index in [4.69, 9.17) is 21.1 Å². The highest BCUT2D eigenvalue weighted by molar-refractivity contribution is 7.91. The topological polar surface area (TPSA) is 215 Å². The molecule has 0 spiro atoms. The third-order valence-electron chi connectivity index (χ3n) is 39.9. The zero-order valence-corrected chi connectivity index (χ0v) is 85.3. The van der Waals surface area contributed by atoms with E-state index in [9.17, 15) is 49.9 Å². The van der Waals surface area contributed by atoms with Crippen LogP contribution in [0.2, 0.25) is 0 Å². The molecule has 0 bridgehead atoms. The first kappa shape index (κ1) is 104. The van der Waals surface area contributed by atoms with Gasteiger partial charge in [0.15, 0.2) is 25.7 Å². The van der Waals surface area contributed by atoms with Gasteiger partial charge in [-0.1, -0.05) is 220 Å². The van der Waals surface area contributed by atoms with E-state index >= 15 is 0 Å². The molecule has 14 rings (SSSR count). The van der Waals surface area contributed by atoms with Gasteiger partial charge in [0.25, 0.3) is 0 Å². The zero-order valence-electron chi connectivity index (χ0n) is 82.9. The minimum absolute atomic E-state index is 0.0163. The van der Waals surface area contributed by atoms with Crippen LogP contribution in [0.15, 0.2) is 70.9 Å². The van der Waals surface area contributed by atoms with Gasteiger partial charge in [0.1, 0.15) is 18.8 Å². The first-order valence-electron chi connectivity index (χ1n) is 51.9. The Morgan fingerprint density at radius 3 is 1.22 bits per heavy atom. The molecule has 3 N–H and O–H groups in total. The van der Waals surface area contributed by atoms with Gasteiger partial charge in [-0.05, 0) is 306 Å². The number of nitrogens with zero attached hydrogens (tertiary/aromatic N) is 2. The van der Waals surface area contributed by atoms with Gasteiger partial charge in [-0.3, -0.25) is 19.2 Å². The number of ether oxygens (including phenoxy) is 3. The number of carbonyl (C=O) groups excluding carboxylic acids is 3. The summed E-state index contributed by atoms with van der Waals surface area (Å²) in [7, 11) is -5.76. The number of unbranched alkanes of at least 4 members (excludes halogenated alkanes) is 12. The second-order valence-corrected chi connectivity index (χ2v) is 51.9. The SMILES string of the molecule is C=C(C)[C@@H]1CC[C@]2(NCCN3CCS(=O)(=O)CC3)CC[C@]3(C)[C@H](CC[C@@H]4[C@@]5(C)CC=C(C6=CC[C@@](CF)(C(=O)O)CC6)C(C)(C)[C@@H]5CC[C@]43C)[C@@H]12.C=C(C)[C@@H]1CC[C@]2(NCCN3CCS(=O)(=O)CC3)CC[C@]3(C)[C@H](CC[C@@H]4[C@@]5(C)CC=C(C6=CC[C@@](CF)(C(=O)OCOC(=O)CCCCCCCCC)CC6)C(C)(C)[C@@H]5CC[C@]43C)[C@@H]12.CCCCCCCCCC(=O)OCCl. The van der Waals surface area contributed by atoms with Crippen LogP contribution in [0.25, 0.3) is 0 Å². The Morgan fingerprint density at radius 1 is 0.465 bits per heavy atom. The number of halogens is 3.